The molecule has 2 heterocycles. The van der Waals surface area contributed by atoms with Gasteiger partial charge in [-0.3, -0.25) is 9.48 Å². The Balaban J connectivity index is 1.74. The fourth-order valence-electron chi connectivity index (χ4n) is 4.13. The van der Waals surface area contributed by atoms with Crippen LogP contribution in [0.25, 0.3) is 10.9 Å². The van der Waals surface area contributed by atoms with E-state index >= 15 is 0 Å². The van der Waals surface area contributed by atoms with Crippen LogP contribution in [0, 0.1) is 23.1 Å². The number of aromatic nitrogens is 3. The number of carboxylic acid groups (broad SMARTS) is 1. The summed E-state index contributed by atoms with van der Waals surface area (Å²) in [6.45, 7) is -0.0660. The maximum Gasteiger partial charge on any atom is 0.404 e. The molecule has 3 aromatic rings. The third kappa shape index (κ3) is 4.21. The van der Waals surface area contributed by atoms with Crippen LogP contribution in [0.15, 0.2) is 35.3 Å². The number of hydrogen-bond donors (Lipinski definition) is 4. The zero-order valence-electron chi connectivity index (χ0n) is 16.6. The molecule has 1 amide bonds. The van der Waals surface area contributed by atoms with Crippen molar-refractivity contribution in [3.63, 3.8) is 0 Å². The summed E-state index contributed by atoms with van der Waals surface area (Å²) in [7, 11) is 0. The van der Waals surface area contributed by atoms with Gasteiger partial charge in [-0.1, -0.05) is 12.8 Å². The van der Waals surface area contributed by atoms with E-state index < -0.39 is 11.9 Å². The zero-order chi connectivity index (χ0) is 22.0. The van der Waals surface area contributed by atoms with Gasteiger partial charge in [0, 0.05) is 18.4 Å². The number of pyridine rings is 1. The molecule has 31 heavy (non-hydrogen) atoms. The number of nitrogens with one attached hydrogen (secondary N) is 3. The second kappa shape index (κ2) is 8.47. The number of fused-ring (bicyclic) bond motifs is 1. The lowest BCUT2D eigenvalue weighted by atomic mass is 9.85. The number of anilines is 2. The van der Waals surface area contributed by atoms with Gasteiger partial charge in [0.25, 0.3) is 5.56 Å². The summed E-state index contributed by atoms with van der Waals surface area (Å²) < 4.78 is 15.8. The highest BCUT2D eigenvalue weighted by atomic mass is 19.1. The van der Waals surface area contributed by atoms with Crippen molar-refractivity contribution < 1.29 is 14.3 Å². The van der Waals surface area contributed by atoms with Gasteiger partial charge in [0.05, 0.1) is 23.5 Å². The second-order valence-corrected chi connectivity index (χ2v) is 7.58. The summed E-state index contributed by atoms with van der Waals surface area (Å²) in [4.78, 5) is 25.9. The average molecular weight is 424 g/mol. The molecule has 4 N–H and O–H groups in total. The number of nitrogens with zero attached hydrogens (tertiary/aromatic N) is 3. The van der Waals surface area contributed by atoms with E-state index in [1.807, 2.05) is 0 Å². The first-order chi connectivity index (χ1) is 15.0. The number of amides is 1. The highest BCUT2D eigenvalue weighted by Crippen LogP contribution is 2.36. The van der Waals surface area contributed by atoms with E-state index in [4.69, 9.17) is 5.11 Å². The lowest BCUT2D eigenvalue weighted by Gasteiger charge is -2.27. The lowest BCUT2D eigenvalue weighted by molar-refractivity contribution is 0.194. The fourth-order valence-corrected chi connectivity index (χ4v) is 4.13. The Morgan fingerprint density at radius 2 is 2.16 bits per heavy atom. The standard InChI is InChI=1S/C21H21FN6O3/c22-14-7-12(11-25-21(30)31)8-15(9-14)26-19-18-17(5-6-24-20(18)29)28(27-19)16-4-2-1-3-13(16)10-23/h5-9,13,16,25H,1-4,11H2,(H,24,29)(H,26,27)(H,30,31). The van der Waals surface area contributed by atoms with E-state index in [1.165, 1.54) is 18.3 Å². The van der Waals surface area contributed by atoms with Crippen LogP contribution in [0.5, 0.6) is 0 Å². The summed E-state index contributed by atoms with van der Waals surface area (Å²) in [5.74, 6) is -0.504. The van der Waals surface area contributed by atoms with Crippen molar-refractivity contribution in [1.29, 1.82) is 5.26 Å². The zero-order valence-corrected chi connectivity index (χ0v) is 16.6. The van der Waals surface area contributed by atoms with Crippen molar-refractivity contribution in [2.24, 2.45) is 5.92 Å². The third-order valence-electron chi connectivity index (χ3n) is 5.50. The highest BCUT2D eigenvalue weighted by Gasteiger charge is 2.29. The summed E-state index contributed by atoms with van der Waals surface area (Å²) in [5, 5.41) is 28.5. The molecule has 0 spiro atoms. The van der Waals surface area contributed by atoms with Crippen LogP contribution in [0.1, 0.15) is 37.3 Å². The van der Waals surface area contributed by atoms with Crippen LogP contribution in [0.3, 0.4) is 0 Å². The van der Waals surface area contributed by atoms with Crippen LogP contribution in [0.2, 0.25) is 0 Å². The van der Waals surface area contributed by atoms with Gasteiger partial charge < -0.3 is 20.7 Å². The Bertz CT molecular complexity index is 1230. The van der Waals surface area contributed by atoms with E-state index in [0.29, 0.717) is 22.2 Å². The molecule has 1 aliphatic carbocycles. The average Bonchev–Trinajstić information content (AvgIpc) is 3.11. The smallest absolute Gasteiger partial charge is 0.404 e. The quantitative estimate of drug-likeness (QED) is 0.494. The van der Waals surface area contributed by atoms with Crippen molar-refractivity contribution in [1.82, 2.24) is 20.1 Å². The van der Waals surface area contributed by atoms with E-state index in [9.17, 15) is 19.2 Å². The molecule has 9 nitrogen and oxygen atoms in total. The molecule has 2 unspecified atom stereocenters. The van der Waals surface area contributed by atoms with Gasteiger partial charge in [0.1, 0.15) is 11.2 Å². The molecule has 0 saturated heterocycles. The Morgan fingerprint density at radius 1 is 1.35 bits per heavy atom. The van der Waals surface area contributed by atoms with Gasteiger partial charge in [0.2, 0.25) is 0 Å². The molecule has 10 heteroatoms. The fraction of sp³-hybridized carbons (Fsp3) is 0.333. The minimum Gasteiger partial charge on any atom is -0.465 e. The number of aromatic amines is 1. The first-order valence-corrected chi connectivity index (χ1v) is 9.99. The normalized spacial score (nSPS) is 18.5. The number of benzene rings is 1. The molecule has 0 bridgehead atoms. The Hall–Kier alpha value is -3.87. The Morgan fingerprint density at radius 3 is 2.94 bits per heavy atom. The molecule has 160 valence electrons. The first kappa shape index (κ1) is 20.4. The summed E-state index contributed by atoms with van der Waals surface area (Å²) in [6, 6.07) is 8.00. The minimum atomic E-state index is -1.21. The number of rotatable bonds is 5. The number of nitriles is 1. The molecule has 1 saturated carbocycles. The third-order valence-corrected chi connectivity index (χ3v) is 5.50. The Kier molecular flexibility index (Phi) is 5.58. The van der Waals surface area contributed by atoms with E-state index in [0.717, 1.165) is 25.7 Å². The monoisotopic (exact) mass is 424 g/mol. The topological polar surface area (TPSA) is 136 Å². The largest absolute Gasteiger partial charge is 0.465 e. The number of H-pyrrole nitrogens is 1. The molecule has 4 rings (SSSR count). The van der Waals surface area contributed by atoms with Gasteiger partial charge in [-0.25, -0.2) is 9.18 Å². The molecular formula is C21H21FN6O3. The predicted octanol–water partition coefficient (Wildman–Crippen LogP) is 3.63. The predicted molar refractivity (Wildman–Crippen MR) is 112 cm³/mol. The van der Waals surface area contributed by atoms with Gasteiger partial charge in [-0.05, 0) is 42.7 Å². The minimum absolute atomic E-state index is 0.0660. The molecule has 1 aromatic carbocycles. The Labute approximate surface area is 176 Å². The first-order valence-electron chi connectivity index (χ1n) is 9.99. The van der Waals surface area contributed by atoms with Crippen LogP contribution in [-0.4, -0.2) is 26.0 Å². The van der Waals surface area contributed by atoms with Crippen molar-refractivity contribution in [3.05, 3.63) is 52.2 Å². The van der Waals surface area contributed by atoms with Crippen molar-refractivity contribution >= 4 is 28.5 Å². The maximum absolute atomic E-state index is 14.1. The number of carbonyl (C=O) groups is 1. The van der Waals surface area contributed by atoms with Gasteiger partial charge in [-0.15, -0.1) is 0 Å². The van der Waals surface area contributed by atoms with Crippen molar-refractivity contribution in [2.75, 3.05) is 5.32 Å². The van der Waals surface area contributed by atoms with E-state index in [2.05, 4.69) is 26.8 Å². The van der Waals surface area contributed by atoms with Crippen LogP contribution in [-0.2, 0) is 6.54 Å². The van der Waals surface area contributed by atoms with Gasteiger partial charge in [-0.2, -0.15) is 10.4 Å². The highest BCUT2D eigenvalue weighted by molar-refractivity contribution is 5.91. The number of hydrogen-bond acceptors (Lipinski definition) is 5. The van der Waals surface area contributed by atoms with Crippen LogP contribution < -0.4 is 16.2 Å². The molecule has 0 aliphatic heterocycles. The number of halogens is 1. The SMILES string of the molecule is N#CC1CCCCC1n1nc(Nc2cc(F)cc(CNC(=O)O)c2)c2c(=O)[nH]ccc21. The van der Waals surface area contributed by atoms with E-state index in [1.54, 1.807) is 16.8 Å². The van der Waals surface area contributed by atoms with Crippen LogP contribution in [0.4, 0.5) is 20.7 Å². The summed E-state index contributed by atoms with van der Waals surface area (Å²) >= 11 is 0. The molecular weight excluding hydrogens is 403 g/mol. The molecule has 2 aromatic heterocycles. The van der Waals surface area contributed by atoms with Crippen LogP contribution >= 0.6 is 0 Å². The molecule has 0 radical (unpaired) electrons. The summed E-state index contributed by atoms with van der Waals surface area (Å²) in [5.41, 5.74) is 0.999. The van der Waals surface area contributed by atoms with Crippen molar-refractivity contribution in [3.8, 4) is 6.07 Å². The molecule has 1 fully saturated rings. The second-order valence-electron chi connectivity index (χ2n) is 7.58. The summed E-state index contributed by atoms with van der Waals surface area (Å²) in [6.07, 6.45) is 3.84. The van der Waals surface area contributed by atoms with Gasteiger partial charge in [0.15, 0.2) is 5.82 Å². The maximum atomic E-state index is 14.1. The van der Waals surface area contributed by atoms with E-state index in [-0.39, 0.29) is 29.9 Å². The van der Waals surface area contributed by atoms with Crippen molar-refractivity contribution in [2.45, 2.75) is 38.3 Å². The lowest BCUT2D eigenvalue weighted by Crippen LogP contribution is -2.23. The molecule has 1 aliphatic rings. The van der Waals surface area contributed by atoms with Gasteiger partial charge >= 0.3 is 6.09 Å². The molecule has 2 atom stereocenters.